The van der Waals surface area contributed by atoms with E-state index >= 15 is 0 Å². The van der Waals surface area contributed by atoms with Crippen LogP contribution in [-0.4, -0.2) is 64.8 Å². The lowest BCUT2D eigenvalue weighted by molar-refractivity contribution is -0.147. The van der Waals surface area contributed by atoms with Crippen LogP contribution in [0, 0.1) is 0 Å². The smallest absolute Gasteiger partial charge is 0.168 e. The summed E-state index contributed by atoms with van der Waals surface area (Å²) < 4.78 is 16.8. The summed E-state index contributed by atoms with van der Waals surface area (Å²) in [5.74, 6) is 1.48. The van der Waals surface area contributed by atoms with Gasteiger partial charge in [0.15, 0.2) is 4.93 Å². The van der Waals surface area contributed by atoms with Crippen molar-refractivity contribution in [2.75, 3.05) is 20.8 Å². The summed E-state index contributed by atoms with van der Waals surface area (Å²) in [6, 6.07) is 11.6. The summed E-state index contributed by atoms with van der Waals surface area (Å²) in [6.07, 6.45) is -3.43. The van der Waals surface area contributed by atoms with Gasteiger partial charge in [0.2, 0.25) is 0 Å². The van der Waals surface area contributed by atoms with E-state index in [1.54, 1.807) is 14.2 Å². The van der Waals surface area contributed by atoms with Gasteiger partial charge in [0.05, 0.1) is 38.8 Å². The van der Waals surface area contributed by atoms with E-state index in [9.17, 15) is 20.4 Å². The van der Waals surface area contributed by atoms with Crippen LogP contribution >= 0.6 is 11.8 Å². The number of rotatable bonds is 5. The molecule has 162 valence electrons. The van der Waals surface area contributed by atoms with Gasteiger partial charge in [0.25, 0.3) is 0 Å². The van der Waals surface area contributed by atoms with E-state index < -0.39 is 28.5 Å². The number of fused-ring (bicyclic) bond motifs is 2. The first-order chi connectivity index (χ1) is 14.4. The zero-order valence-electron chi connectivity index (χ0n) is 16.8. The van der Waals surface area contributed by atoms with E-state index in [0.717, 1.165) is 39.8 Å². The summed E-state index contributed by atoms with van der Waals surface area (Å²) in [6.45, 7) is -0.107. The van der Waals surface area contributed by atoms with Crippen LogP contribution in [0.15, 0.2) is 36.4 Å². The number of ether oxygens (including phenoxy) is 3. The van der Waals surface area contributed by atoms with Gasteiger partial charge in [-0.2, -0.15) is 0 Å². The van der Waals surface area contributed by atoms with E-state index in [1.165, 1.54) is 0 Å². The molecule has 2 aliphatic rings. The minimum absolute atomic E-state index is 0.236. The number of aliphatic hydroxyl groups is 4. The number of thioether (sulfide) groups is 1. The molecule has 2 aliphatic heterocycles. The molecule has 0 saturated carbocycles. The molecule has 0 radical (unpaired) electrons. The predicted molar refractivity (Wildman–Crippen MR) is 112 cm³/mol. The van der Waals surface area contributed by atoms with Gasteiger partial charge < -0.3 is 34.6 Å². The summed E-state index contributed by atoms with van der Waals surface area (Å²) in [5.41, 5.74) is 3.54. The molecular formula is C22H26O7S. The second-order valence-electron chi connectivity index (χ2n) is 7.57. The molecule has 0 bridgehead atoms. The molecule has 1 fully saturated rings. The van der Waals surface area contributed by atoms with Gasteiger partial charge in [-0.15, -0.1) is 11.8 Å². The van der Waals surface area contributed by atoms with E-state index in [2.05, 4.69) is 0 Å². The Morgan fingerprint density at radius 2 is 1.80 bits per heavy atom. The van der Waals surface area contributed by atoms with Crippen LogP contribution in [0.3, 0.4) is 0 Å². The monoisotopic (exact) mass is 434 g/mol. The van der Waals surface area contributed by atoms with Gasteiger partial charge >= 0.3 is 0 Å². The van der Waals surface area contributed by atoms with Crippen molar-refractivity contribution in [3.63, 3.8) is 0 Å². The minimum atomic E-state index is -1.43. The zero-order valence-corrected chi connectivity index (χ0v) is 17.6. The molecule has 5 atom stereocenters. The zero-order chi connectivity index (χ0) is 21.5. The molecule has 0 unspecified atom stereocenters. The van der Waals surface area contributed by atoms with Gasteiger partial charge in [0.1, 0.15) is 23.7 Å². The Kier molecular flexibility index (Phi) is 5.98. The second-order valence-corrected chi connectivity index (χ2v) is 9.01. The molecule has 2 heterocycles. The molecule has 4 N–H and O–H groups in total. The first-order valence-corrected chi connectivity index (χ1v) is 10.6. The Balaban J connectivity index is 1.73. The summed E-state index contributed by atoms with van der Waals surface area (Å²) in [7, 11) is 3.23. The standard InChI is InChI=1S/C22H26O7S/c1-27-15-5-3-12(4-6-15)7-13-8-16-14(9-17(13)28-2)11-29-22(16)21(26)20(25)19(24)18(10-23)30-22/h3-6,8-9,18-21,23-26H,7,10-11H2,1-2H3/t18-,19-,20+,21-,22+/m1/s1. The normalized spacial score (nSPS) is 30.3. The van der Waals surface area contributed by atoms with Gasteiger partial charge in [0, 0.05) is 12.0 Å². The molecule has 7 nitrogen and oxygen atoms in total. The lowest BCUT2D eigenvalue weighted by Crippen LogP contribution is -2.58. The van der Waals surface area contributed by atoms with Crippen molar-refractivity contribution in [2.45, 2.75) is 41.5 Å². The molecule has 8 heteroatoms. The first kappa shape index (κ1) is 21.4. The fourth-order valence-electron chi connectivity index (χ4n) is 4.15. The number of hydrogen-bond acceptors (Lipinski definition) is 8. The highest BCUT2D eigenvalue weighted by Gasteiger charge is 2.57. The molecule has 0 aliphatic carbocycles. The van der Waals surface area contributed by atoms with Gasteiger partial charge in [-0.1, -0.05) is 12.1 Å². The van der Waals surface area contributed by atoms with E-state index in [-0.39, 0.29) is 13.2 Å². The Morgan fingerprint density at radius 1 is 1.07 bits per heavy atom. The van der Waals surface area contributed by atoms with Gasteiger partial charge in [-0.05, 0) is 41.0 Å². The maximum absolute atomic E-state index is 10.8. The van der Waals surface area contributed by atoms with Crippen molar-refractivity contribution < 1.29 is 34.6 Å². The van der Waals surface area contributed by atoms with Crippen molar-refractivity contribution in [3.05, 3.63) is 58.7 Å². The van der Waals surface area contributed by atoms with Crippen molar-refractivity contribution in [2.24, 2.45) is 0 Å². The molecule has 2 aromatic rings. The topological polar surface area (TPSA) is 109 Å². The quantitative estimate of drug-likeness (QED) is 0.555. The molecule has 1 spiro atoms. The molecular weight excluding hydrogens is 408 g/mol. The van der Waals surface area contributed by atoms with Crippen molar-refractivity contribution in [1.29, 1.82) is 0 Å². The average molecular weight is 435 g/mol. The highest BCUT2D eigenvalue weighted by Crippen LogP contribution is 2.55. The first-order valence-electron chi connectivity index (χ1n) is 9.73. The number of benzene rings is 2. The fraction of sp³-hybridized carbons (Fsp3) is 0.455. The highest BCUT2D eigenvalue weighted by atomic mass is 32.2. The van der Waals surface area contributed by atoms with Gasteiger partial charge in [-0.3, -0.25) is 0 Å². The third kappa shape index (κ3) is 3.47. The Labute approximate surface area is 179 Å². The van der Waals surface area contributed by atoms with Crippen LogP contribution in [0.5, 0.6) is 11.5 Å². The Morgan fingerprint density at radius 3 is 2.43 bits per heavy atom. The van der Waals surface area contributed by atoms with Crippen molar-refractivity contribution in [1.82, 2.24) is 0 Å². The van der Waals surface area contributed by atoms with Crippen LogP contribution in [0.4, 0.5) is 0 Å². The maximum Gasteiger partial charge on any atom is 0.168 e. The molecule has 1 saturated heterocycles. The summed E-state index contributed by atoms with van der Waals surface area (Å²) >= 11 is 1.15. The SMILES string of the molecule is COc1ccc(Cc2cc3c(cc2OC)CO[C@]32S[C@H](CO)[C@@H](O)[C@H](O)[C@H]2O)cc1. The third-order valence-electron chi connectivity index (χ3n) is 5.83. The fourth-order valence-corrected chi connectivity index (χ4v) is 5.70. The number of methoxy groups -OCH3 is 2. The molecule has 0 amide bonds. The van der Waals surface area contributed by atoms with Crippen LogP contribution in [-0.2, 0) is 22.7 Å². The van der Waals surface area contributed by atoms with E-state index in [0.29, 0.717) is 12.2 Å². The van der Waals surface area contributed by atoms with Crippen molar-refractivity contribution >= 4 is 11.8 Å². The van der Waals surface area contributed by atoms with Gasteiger partial charge in [-0.25, -0.2) is 0 Å². The Bertz CT molecular complexity index is 901. The van der Waals surface area contributed by atoms with Crippen molar-refractivity contribution in [3.8, 4) is 11.5 Å². The van der Waals surface area contributed by atoms with Crippen LogP contribution in [0.25, 0.3) is 0 Å². The number of hydrogen-bond donors (Lipinski definition) is 4. The van der Waals surface area contributed by atoms with E-state index in [4.69, 9.17) is 14.2 Å². The van der Waals surface area contributed by atoms with Crippen LogP contribution in [0.2, 0.25) is 0 Å². The predicted octanol–water partition coefficient (Wildman–Crippen LogP) is 1.17. The second kappa shape index (κ2) is 8.37. The lowest BCUT2D eigenvalue weighted by atomic mass is 9.90. The molecule has 30 heavy (non-hydrogen) atoms. The summed E-state index contributed by atoms with van der Waals surface area (Å²) in [4.78, 5) is -1.26. The van der Waals surface area contributed by atoms with Crippen LogP contribution < -0.4 is 9.47 Å². The molecule has 2 aromatic carbocycles. The number of aliphatic hydroxyl groups excluding tert-OH is 4. The molecule has 0 aromatic heterocycles. The maximum atomic E-state index is 10.8. The molecule has 4 rings (SSSR count). The largest absolute Gasteiger partial charge is 0.497 e. The minimum Gasteiger partial charge on any atom is -0.497 e. The lowest BCUT2D eigenvalue weighted by Gasteiger charge is -2.45. The van der Waals surface area contributed by atoms with Crippen LogP contribution in [0.1, 0.15) is 22.3 Å². The van der Waals surface area contributed by atoms with E-state index in [1.807, 2.05) is 36.4 Å². The summed E-state index contributed by atoms with van der Waals surface area (Å²) in [5, 5.41) is 40.4. The Hall–Kier alpha value is -1.81. The third-order valence-corrected chi connectivity index (χ3v) is 7.49. The average Bonchev–Trinajstić information content (AvgIpc) is 3.13. The highest BCUT2D eigenvalue weighted by molar-refractivity contribution is 8.00.